The monoisotopic (exact) mass is 527 g/mol. The maximum absolute atomic E-state index is 13.8. The molecule has 0 unspecified atom stereocenters. The van der Waals surface area contributed by atoms with Gasteiger partial charge in [-0.15, -0.1) is 0 Å². The van der Waals surface area contributed by atoms with Gasteiger partial charge in [0.1, 0.15) is 5.82 Å². The second-order valence-corrected chi connectivity index (χ2v) is 12.0. The normalized spacial score (nSPS) is 22.5. The lowest BCUT2D eigenvalue weighted by Gasteiger charge is -2.42. The van der Waals surface area contributed by atoms with Crippen molar-refractivity contribution in [2.75, 3.05) is 39.3 Å². The van der Waals surface area contributed by atoms with E-state index in [0.29, 0.717) is 39.2 Å². The van der Waals surface area contributed by atoms with Crippen molar-refractivity contribution >= 4 is 16.3 Å². The highest BCUT2D eigenvalue weighted by molar-refractivity contribution is 7.86. The molecule has 2 fully saturated rings. The lowest BCUT2D eigenvalue weighted by Crippen LogP contribution is -2.52. The van der Waals surface area contributed by atoms with Gasteiger partial charge in [0.05, 0.1) is 43.5 Å². The van der Waals surface area contributed by atoms with E-state index >= 15 is 0 Å². The Balaban J connectivity index is 1.16. The van der Waals surface area contributed by atoms with Gasteiger partial charge in [-0.25, -0.2) is 4.39 Å². The molecule has 11 heteroatoms. The fourth-order valence-electron chi connectivity index (χ4n) is 5.36. The second kappa shape index (κ2) is 9.71. The van der Waals surface area contributed by atoms with E-state index in [1.54, 1.807) is 22.6 Å². The molecule has 3 aliphatic heterocycles. The van der Waals surface area contributed by atoms with Crippen LogP contribution in [0.2, 0.25) is 0 Å². The minimum Gasteiger partial charge on any atom is -0.389 e. The van der Waals surface area contributed by atoms with E-state index < -0.39 is 16.3 Å². The summed E-state index contributed by atoms with van der Waals surface area (Å²) in [5.74, 6) is -0.161. The molecule has 0 bridgehead atoms. The molecule has 4 heterocycles. The van der Waals surface area contributed by atoms with Crippen LogP contribution in [0.15, 0.2) is 59.6 Å². The SMILES string of the molecule is O=S(=O)(N1C=C(N2CC(O)C2)C=C(COCc2ccc(F)cc2)C1)N1CCC2=Cc3[nH]ncc3C[C@H]2C1. The average Bonchev–Trinajstić information content (AvgIpc) is 3.33. The summed E-state index contributed by atoms with van der Waals surface area (Å²) in [5.41, 5.74) is 5.82. The van der Waals surface area contributed by atoms with Gasteiger partial charge < -0.3 is 14.7 Å². The number of hydrogen-bond donors (Lipinski definition) is 2. The molecule has 0 radical (unpaired) electrons. The number of aliphatic hydroxyl groups excluding tert-OH is 1. The van der Waals surface area contributed by atoms with Gasteiger partial charge in [0.25, 0.3) is 0 Å². The average molecular weight is 528 g/mol. The lowest BCUT2D eigenvalue weighted by molar-refractivity contribution is 0.0259. The molecule has 2 N–H and O–H groups in total. The van der Waals surface area contributed by atoms with E-state index in [4.69, 9.17) is 4.74 Å². The third-order valence-electron chi connectivity index (χ3n) is 7.45. The topological polar surface area (TPSA) is 102 Å². The lowest BCUT2D eigenvalue weighted by atomic mass is 9.83. The number of H-pyrrole nitrogens is 1. The van der Waals surface area contributed by atoms with Gasteiger partial charge in [0.2, 0.25) is 0 Å². The Labute approximate surface area is 215 Å². The van der Waals surface area contributed by atoms with Crippen molar-refractivity contribution in [1.82, 2.24) is 23.7 Å². The Morgan fingerprint density at radius 2 is 1.95 bits per heavy atom. The van der Waals surface area contributed by atoms with Crippen molar-refractivity contribution in [3.8, 4) is 0 Å². The standard InChI is InChI=1S/C26H30FN5O4S/c27-23-3-1-18(2-4-23)16-36-17-19-7-24(30-14-25(33)15-30)13-32(11-19)37(34,35)31-6-5-20-9-26-21(10-28-29-26)8-22(20)12-31/h1-4,7,9-10,13,22,25,33H,5-6,8,11-12,14-17H2,(H,28,29)/t22-/m0/s1. The molecule has 37 heavy (non-hydrogen) atoms. The molecular formula is C26H30FN5O4S. The number of ether oxygens (including phenoxy) is 1. The predicted octanol–water partition coefficient (Wildman–Crippen LogP) is 2.03. The van der Waals surface area contributed by atoms with Crippen LogP contribution in [0.4, 0.5) is 4.39 Å². The fraction of sp³-hybridized carbons (Fsp3) is 0.423. The zero-order valence-corrected chi connectivity index (χ0v) is 21.2. The molecule has 1 atom stereocenters. The van der Waals surface area contributed by atoms with Gasteiger partial charge in [-0.1, -0.05) is 17.7 Å². The molecule has 2 aromatic rings. The zero-order valence-electron chi connectivity index (χ0n) is 20.4. The molecular weight excluding hydrogens is 497 g/mol. The van der Waals surface area contributed by atoms with Crippen LogP contribution >= 0.6 is 0 Å². The molecule has 0 spiro atoms. The highest BCUT2D eigenvalue weighted by Gasteiger charge is 2.38. The summed E-state index contributed by atoms with van der Waals surface area (Å²) in [4.78, 5) is 1.96. The van der Waals surface area contributed by atoms with Crippen molar-refractivity contribution in [3.63, 3.8) is 0 Å². The minimum atomic E-state index is -3.77. The number of nitrogens with zero attached hydrogens (tertiary/aromatic N) is 4. The zero-order chi connectivity index (χ0) is 25.6. The first kappa shape index (κ1) is 24.4. The number of halogens is 1. The summed E-state index contributed by atoms with van der Waals surface area (Å²) in [5, 5.41) is 16.9. The molecule has 4 aliphatic rings. The van der Waals surface area contributed by atoms with Gasteiger partial charge in [-0.3, -0.25) is 9.40 Å². The van der Waals surface area contributed by atoms with Gasteiger partial charge in [-0.2, -0.15) is 17.8 Å². The number of fused-ring (bicyclic) bond motifs is 2. The fourth-order valence-corrected chi connectivity index (χ4v) is 6.91. The Hall–Kier alpha value is -2.99. The molecule has 1 aromatic heterocycles. The Morgan fingerprint density at radius 1 is 1.14 bits per heavy atom. The van der Waals surface area contributed by atoms with Gasteiger partial charge >= 0.3 is 10.2 Å². The highest BCUT2D eigenvalue weighted by Crippen LogP contribution is 2.35. The van der Waals surface area contributed by atoms with Crippen molar-refractivity contribution in [2.24, 2.45) is 5.92 Å². The van der Waals surface area contributed by atoms with E-state index in [9.17, 15) is 17.9 Å². The summed E-state index contributed by atoms with van der Waals surface area (Å²) in [6.45, 7) is 2.53. The maximum Gasteiger partial charge on any atom is 0.303 e. The van der Waals surface area contributed by atoms with Crippen LogP contribution in [-0.2, 0) is 28.0 Å². The van der Waals surface area contributed by atoms with Crippen molar-refractivity contribution in [1.29, 1.82) is 0 Å². The Kier molecular flexibility index (Phi) is 6.39. The summed E-state index contributed by atoms with van der Waals surface area (Å²) >= 11 is 0. The van der Waals surface area contributed by atoms with Gasteiger partial charge in [0, 0.05) is 32.4 Å². The molecule has 2 saturated heterocycles. The number of piperidine rings is 1. The van der Waals surface area contributed by atoms with Crippen LogP contribution in [0, 0.1) is 11.7 Å². The van der Waals surface area contributed by atoms with Crippen molar-refractivity contribution in [3.05, 3.63) is 82.2 Å². The number of allylic oxidation sites excluding steroid dienone is 1. The van der Waals surface area contributed by atoms with E-state index in [0.717, 1.165) is 34.5 Å². The number of β-amino-alcohol motifs (C(OH)–C–C–N with tert-alkyl or cyclic N) is 1. The van der Waals surface area contributed by atoms with Gasteiger partial charge in [-0.05, 0) is 59.7 Å². The molecule has 196 valence electrons. The summed E-state index contributed by atoms with van der Waals surface area (Å²) in [7, 11) is -3.77. The summed E-state index contributed by atoms with van der Waals surface area (Å²) < 4.78 is 49.7. The number of benzene rings is 1. The quantitative estimate of drug-likeness (QED) is 0.572. The van der Waals surface area contributed by atoms with Gasteiger partial charge in [0.15, 0.2) is 0 Å². The maximum atomic E-state index is 13.8. The van der Waals surface area contributed by atoms with E-state index in [2.05, 4.69) is 16.3 Å². The summed E-state index contributed by atoms with van der Waals surface area (Å²) in [6, 6.07) is 6.12. The van der Waals surface area contributed by atoms with E-state index in [1.807, 2.05) is 17.2 Å². The van der Waals surface area contributed by atoms with Crippen molar-refractivity contribution in [2.45, 2.75) is 25.6 Å². The van der Waals surface area contributed by atoms with E-state index in [-0.39, 0.29) is 24.9 Å². The number of rotatable bonds is 7. The van der Waals surface area contributed by atoms with Crippen LogP contribution < -0.4 is 0 Å². The Bertz CT molecular complexity index is 1360. The third kappa shape index (κ3) is 4.96. The number of nitrogens with one attached hydrogen (secondary N) is 1. The molecule has 1 aromatic carbocycles. The number of likely N-dealkylation sites (tertiary alicyclic amines) is 1. The molecule has 0 amide bonds. The number of aromatic nitrogens is 2. The Morgan fingerprint density at radius 3 is 2.73 bits per heavy atom. The van der Waals surface area contributed by atoms with Crippen LogP contribution in [0.1, 0.15) is 23.2 Å². The largest absolute Gasteiger partial charge is 0.389 e. The minimum absolute atomic E-state index is 0.140. The predicted molar refractivity (Wildman–Crippen MR) is 135 cm³/mol. The molecule has 1 aliphatic carbocycles. The molecule has 9 nitrogen and oxygen atoms in total. The first-order valence-corrected chi connectivity index (χ1v) is 13.9. The number of aliphatic hydroxyl groups is 1. The molecule has 6 rings (SSSR count). The van der Waals surface area contributed by atoms with Crippen LogP contribution in [0.25, 0.3) is 6.08 Å². The second-order valence-electron chi connectivity index (χ2n) is 10.1. The van der Waals surface area contributed by atoms with E-state index in [1.165, 1.54) is 22.0 Å². The number of aromatic amines is 1. The smallest absolute Gasteiger partial charge is 0.303 e. The first-order chi connectivity index (χ1) is 17.8. The molecule has 0 saturated carbocycles. The van der Waals surface area contributed by atoms with Crippen LogP contribution in [0.5, 0.6) is 0 Å². The van der Waals surface area contributed by atoms with Crippen LogP contribution in [0.3, 0.4) is 0 Å². The van der Waals surface area contributed by atoms with Crippen molar-refractivity contribution < 1.29 is 22.7 Å². The summed E-state index contributed by atoms with van der Waals surface area (Å²) in [6.07, 6.45) is 8.61. The third-order valence-corrected chi connectivity index (χ3v) is 9.26. The highest BCUT2D eigenvalue weighted by atomic mass is 32.2. The number of hydrogen-bond acceptors (Lipinski definition) is 6. The first-order valence-electron chi connectivity index (χ1n) is 12.5. The van der Waals surface area contributed by atoms with Crippen LogP contribution in [-0.4, -0.2) is 82.7 Å².